The first kappa shape index (κ1) is 21.7. The van der Waals surface area contributed by atoms with Gasteiger partial charge in [-0.15, -0.1) is 0 Å². The Morgan fingerprint density at radius 2 is 1.93 bits per heavy atom. The minimum absolute atomic E-state index is 0.302. The van der Waals surface area contributed by atoms with E-state index in [2.05, 4.69) is 49.4 Å². The lowest BCUT2D eigenvalue weighted by atomic mass is 10.1. The molecule has 29 heavy (non-hydrogen) atoms. The molecule has 0 unspecified atom stereocenters. The van der Waals surface area contributed by atoms with Crippen LogP contribution in [0.25, 0.3) is 0 Å². The molecule has 6 nitrogen and oxygen atoms in total. The minimum Gasteiger partial charge on any atom is -0.493 e. The van der Waals surface area contributed by atoms with E-state index in [-0.39, 0.29) is 0 Å². The summed E-state index contributed by atoms with van der Waals surface area (Å²) < 4.78 is 19.0. The van der Waals surface area contributed by atoms with Crippen LogP contribution in [0.5, 0.6) is 11.5 Å². The molecule has 2 heterocycles. The molecule has 2 aromatic rings. The van der Waals surface area contributed by atoms with E-state index in [9.17, 15) is 0 Å². The van der Waals surface area contributed by atoms with Crippen molar-refractivity contribution in [2.24, 2.45) is 0 Å². The Labute approximate surface area is 174 Å². The molecular formula is C23H35N3O3. The van der Waals surface area contributed by atoms with Crippen molar-refractivity contribution in [3.63, 3.8) is 0 Å². The first-order chi connectivity index (χ1) is 13.9. The van der Waals surface area contributed by atoms with Gasteiger partial charge in [0.1, 0.15) is 0 Å². The summed E-state index contributed by atoms with van der Waals surface area (Å²) in [5.74, 6) is 1.52. The predicted molar refractivity (Wildman–Crippen MR) is 115 cm³/mol. The average Bonchev–Trinajstić information content (AvgIpc) is 3.31. The highest BCUT2D eigenvalue weighted by atomic mass is 16.5. The molecule has 1 saturated heterocycles. The van der Waals surface area contributed by atoms with Crippen LogP contribution in [0.3, 0.4) is 0 Å². The third kappa shape index (κ3) is 5.11. The van der Waals surface area contributed by atoms with Crippen LogP contribution in [0.4, 0.5) is 0 Å². The number of nitrogens with zero attached hydrogens (tertiary/aromatic N) is 3. The van der Waals surface area contributed by atoms with E-state index in [1.807, 2.05) is 6.07 Å². The summed E-state index contributed by atoms with van der Waals surface area (Å²) in [5, 5.41) is 4.77. The van der Waals surface area contributed by atoms with E-state index in [4.69, 9.17) is 19.3 Å². The van der Waals surface area contributed by atoms with Crippen LogP contribution in [0.15, 0.2) is 18.2 Å². The van der Waals surface area contributed by atoms with Crippen LogP contribution in [0.2, 0.25) is 0 Å². The molecule has 1 aromatic carbocycles. The van der Waals surface area contributed by atoms with Gasteiger partial charge in [0.2, 0.25) is 0 Å². The van der Waals surface area contributed by atoms with Crippen molar-refractivity contribution < 1.29 is 14.2 Å². The van der Waals surface area contributed by atoms with E-state index in [0.717, 1.165) is 56.3 Å². The number of aromatic nitrogens is 2. The molecule has 160 valence electrons. The molecule has 0 bridgehead atoms. The summed E-state index contributed by atoms with van der Waals surface area (Å²) in [4.78, 5) is 2.47. The smallest absolute Gasteiger partial charge is 0.161 e. The monoisotopic (exact) mass is 401 g/mol. The van der Waals surface area contributed by atoms with Gasteiger partial charge in [0.15, 0.2) is 11.5 Å². The zero-order chi connectivity index (χ0) is 21.0. The normalized spacial score (nSPS) is 16.8. The number of aryl methyl sites for hydroxylation is 1. The molecule has 6 heteroatoms. The minimum atomic E-state index is 0.302. The van der Waals surface area contributed by atoms with Gasteiger partial charge in [-0.2, -0.15) is 5.10 Å². The Bertz CT molecular complexity index is 810. The van der Waals surface area contributed by atoms with Crippen LogP contribution >= 0.6 is 0 Å². The van der Waals surface area contributed by atoms with Gasteiger partial charge in [-0.05, 0) is 58.2 Å². The molecular weight excluding hydrogens is 366 g/mol. The molecule has 0 saturated carbocycles. The fourth-order valence-corrected chi connectivity index (χ4v) is 4.15. The van der Waals surface area contributed by atoms with Crippen LogP contribution < -0.4 is 9.47 Å². The maximum atomic E-state index is 5.94. The second kappa shape index (κ2) is 9.63. The SMILES string of the molecule is COc1ccc(CN(Cc2c(C)nn(C(C)C)c2C)C[C@@H]2CCCO2)cc1OC. The number of ether oxygens (including phenoxy) is 3. The third-order valence-corrected chi connectivity index (χ3v) is 5.69. The Morgan fingerprint density at radius 1 is 1.17 bits per heavy atom. The van der Waals surface area contributed by atoms with E-state index >= 15 is 0 Å². The molecule has 1 atom stereocenters. The zero-order valence-corrected chi connectivity index (χ0v) is 18.7. The molecule has 0 radical (unpaired) electrons. The molecule has 1 aromatic heterocycles. The van der Waals surface area contributed by atoms with E-state index < -0.39 is 0 Å². The number of hydrogen-bond acceptors (Lipinski definition) is 5. The van der Waals surface area contributed by atoms with Gasteiger partial charge in [-0.3, -0.25) is 9.58 Å². The van der Waals surface area contributed by atoms with E-state index in [1.165, 1.54) is 16.8 Å². The lowest BCUT2D eigenvalue weighted by Gasteiger charge is -2.26. The fraction of sp³-hybridized carbons (Fsp3) is 0.609. The standard InChI is InChI=1S/C23H35N3O3/c1-16(2)26-18(4)21(17(3)24-26)15-25(14-20-8-7-11-29-20)13-19-9-10-22(27-5)23(12-19)28-6/h9-10,12,16,20H,7-8,11,13-15H2,1-6H3/t20-/m0/s1. The van der Waals surface area contributed by atoms with Crippen LogP contribution in [0.1, 0.15) is 55.2 Å². The van der Waals surface area contributed by atoms with Crippen LogP contribution in [-0.2, 0) is 17.8 Å². The van der Waals surface area contributed by atoms with Gasteiger partial charge in [-0.1, -0.05) is 6.07 Å². The van der Waals surface area contributed by atoms with Gasteiger partial charge in [0, 0.05) is 43.5 Å². The average molecular weight is 402 g/mol. The zero-order valence-electron chi connectivity index (χ0n) is 18.7. The van der Waals surface area contributed by atoms with Crippen molar-refractivity contribution in [1.82, 2.24) is 14.7 Å². The summed E-state index contributed by atoms with van der Waals surface area (Å²) in [6.07, 6.45) is 2.58. The summed E-state index contributed by atoms with van der Waals surface area (Å²) in [5.41, 5.74) is 4.88. The predicted octanol–water partition coefficient (Wildman–Crippen LogP) is 4.28. The Morgan fingerprint density at radius 3 is 2.52 bits per heavy atom. The molecule has 0 spiro atoms. The Kier molecular flexibility index (Phi) is 7.19. The number of hydrogen-bond donors (Lipinski definition) is 0. The van der Waals surface area contributed by atoms with Gasteiger partial charge >= 0.3 is 0 Å². The van der Waals surface area contributed by atoms with Gasteiger partial charge in [-0.25, -0.2) is 0 Å². The lowest BCUT2D eigenvalue weighted by molar-refractivity contribution is 0.0677. The second-order valence-electron chi connectivity index (χ2n) is 8.18. The maximum absolute atomic E-state index is 5.94. The Balaban J connectivity index is 1.83. The summed E-state index contributed by atoms with van der Waals surface area (Å²) in [6, 6.07) is 6.52. The van der Waals surface area contributed by atoms with Crippen molar-refractivity contribution in [2.45, 2.75) is 65.8 Å². The lowest BCUT2D eigenvalue weighted by Crippen LogP contribution is -2.31. The highest BCUT2D eigenvalue weighted by molar-refractivity contribution is 5.42. The third-order valence-electron chi connectivity index (χ3n) is 5.69. The highest BCUT2D eigenvalue weighted by Gasteiger charge is 2.22. The van der Waals surface area contributed by atoms with E-state index in [1.54, 1.807) is 14.2 Å². The molecule has 1 fully saturated rings. The molecule has 1 aliphatic rings. The van der Waals surface area contributed by atoms with Crippen molar-refractivity contribution in [2.75, 3.05) is 27.4 Å². The van der Waals surface area contributed by atoms with Gasteiger partial charge in [0.05, 0.1) is 26.0 Å². The van der Waals surface area contributed by atoms with Gasteiger partial charge < -0.3 is 14.2 Å². The molecule has 0 aliphatic carbocycles. The fourth-order valence-electron chi connectivity index (χ4n) is 4.15. The first-order valence-corrected chi connectivity index (χ1v) is 10.5. The first-order valence-electron chi connectivity index (χ1n) is 10.5. The molecule has 0 amide bonds. The van der Waals surface area contributed by atoms with Gasteiger partial charge in [0.25, 0.3) is 0 Å². The quantitative estimate of drug-likeness (QED) is 0.628. The summed E-state index contributed by atoms with van der Waals surface area (Å²) >= 11 is 0. The maximum Gasteiger partial charge on any atom is 0.161 e. The number of rotatable bonds is 9. The largest absolute Gasteiger partial charge is 0.493 e. The topological polar surface area (TPSA) is 48.8 Å². The van der Waals surface area contributed by atoms with Crippen LogP contribution in [0, 0.1) is 13.8 Å². The molecule has 0 N–H and O–H groups in total. The molecule has 3 rings (SSSR count). The van der Waals surface area contributed by atoms with Crippen molar-refractivity contribution in [3.05, 3.63) is 40.7 Å². The molecule has 1 aliphatic heterocycles. The van der Waals surface area contributed by atoms with Crippen molar-refractivity contribution in [1.29, 1.82) is 0 Å². The Hall–Kier alpha value is -2.05. The summed E-state index contributed by atoms with van der Waals surface area (Å²) in [6.45, 7) is 12.1. The summed E-state index contributed by atoms with van der Waals surface area (Å²) in [7, 11) is 3.35. The van der Waals surface area contributed by atoms with E-state index in [0.29, 0.717) is 12.1 Å². The van der Waals surface area contributed by atoms with Crippen LogP contribution in [-0.4, -0.2) is 48.2 Å². The second-order valence-corrected chi connectivity index (χ2v) is 8.18. The highest BCUT2D eigenvalue weighted by Crippen LogP contribution is 2.29. The van der Waals surface area contributed by atoms with Crippen molar-refractivity contribution in [3.8, 4) is 11.5 Å². The van der Waals surface area contributed by atoms with Crippen molar-refractivity contribution >= 4 is 0 Å². The number of benzene rings is 1. The number of methoxy groups -OCH3 is 2.